The van der Waals surface area contributed by atoms with E-state index >= 15 is 0 Å². The van der Waals surface area contributed by atoms with Gasteiger partial charge in [0.1, 0.15) is 12.4 Å². The molecular formula is C13H19N5. The number of rotatable bonds is 3. The van der Waals surface area contributed by atoms with E-state index in [9.17, 15) is 0 Å². The molecule has 0 aromatic carbocycles. The summed E-state index contributed by atoms with van der Waals surface area (Å²) in [6.07, 6.45) is 0.995. The minimum Gasteiger partial charge on any atom is -0.384 e. The normalized spacial score (nSPS) is 10.9. The number of anilines is 1. The molecule has 5 nitrogen and oxygen atoms in total. The largest absolute Gasteiger partial charge is 0.384 e. The number of aryl methyl sites for hydroxylation is 2. The fourth-order valence-corrected chi connectivity index (χ4v) is 2.26. The standard InChI is InChI=1S/C13H19N5/c1-5-11-9(3)17-18(10(11)4)7-13-15-8(2)6-12(14)16-13/h6H,5,7H2,1-4H3,(H2,14,15,16). The zero-order valence-electron chi connectivity index (χ0n) is 11.4. The van der Waals surface area contributed by atoms with Crippen LogP contribution in [0.1, 0.15) is 35.4 Å². The molecular weight excluding hydrogens is 226 g/mol. The van der Waals surface area contributed by atoms with Crippen LogP contribution in [-0.4, -0.2) is 19.7 Å². The van der Waals surface area contributed by atoms with Crippen molar-refractivity contribution in [2.24, 2.45) is 0 Å². The molecule has 0 saturated carbocycles. The van der Waals surface area contributed by atoms with Crippen molar-refractivity contribution in [2.75, 3.05) is 5.73 Å². The molecule has 2 heterocycles. The number of nitrogens with zero attached hydrogens (tertiary/aromatic N) is 4. The van der Waals surface area contributed by atoms with E-state index in [1.165, 1.54) is 11.3 Å². The van der Waals surface area contributed by atoms with Gasteiger partial charge in [0.25, 0.3) is 0 Å². The van der Waals surface area contributed by atoms with Gasteiger partial charge in [-0.1, -0.05) is 6.92 Å². The molecule has 0 fully saturated rings. The maximum atomic E-state index is 5.73. The molecule has 0 atom stereocenters. The molecule has 2 aromatic rings. The highest BCUT2D eigenvalue weighted by Crippen LogP contribution is 2.14. The Bertz CT molecular complexity index is 551. The lowest BCUT2D eigenvalue weighted by Gasteiger charge is -2.05. The van der Waals surface area contributed by atoms with Gasteiger partial charge in [0.2, 0.25) is 0 Å². The Morgan fingerprint density at radius 3 is 2.50 bits per heavy atom. The highest BCUT2D eigenvalue weighted by molar-refractivity contribution is 5.29. The summed E-state index contributed by atoms with van der Waals surface area (Å²) in [5.41, 5.74) is 10.2. The molecule has 0 bridgehead atoms. The molecule has 0 spiro atoms. The lowest BCUT2D eigenvalue weighted by molar-refractivity contribution is 0.630. The average Bonchev–Trinajstić information content (AvgIpc) is 2.52. The van der Waals surface area contributed by atoms with Gasteiger partial charge in [-0.25, -0.2) is 9.97 Å². The molecule has 2 rings (SSSR count). The second-order valence-corrected chi connectivity index (χ2v) is 4.51. The van der Waals surface area contributed by atoms with Gasteiger partial charge in [0.15, 0.2) is 5.82 Å². The zero-order chi connectivity index (χ0) is 13.3. The molecule has 18 heavy (non-hydrogen) atoms. The van der Waals surface area contributed by atoms with E-state index in [2.05, 4.69) is 28.9 Å². The summed E-state index contributed by atoms with van der Waals surface area (Å²) in [6.45, 7) is 8.74. The number of nitrogens with two attached hydrogens (primary N) is 1. The molecule has 0 amide bonds. The summed E-state index contributed by atoms with van der Waals surface area (Å²) in [6, 6.07) is 1.77. The lowest BCUT2D eigenvalue weighted by atomic mass is 10.1. The Balaban J connectivity index is 2.34. The van der Waals surface area contributed by atoms with E-state index in [1.807, 2.05) is 18.5 Å². The first-order valence-electron chi connectivity index (χ1n) is 6.14. The topological polar surface area (TPSA) is 69.6 Å². The highest BCUT2D eigenvalue weighted by Gasteiger charge is 2.11. The molecule has 96 valence electrons. The quantitative estimate of drug-likeness (QED) is 0.895. The molecule has 0 unspecified atom stereocenters. The summed E-state index contributed by atoms with van der Waals surface area (Å²) in [4.78, 5) is 8.62. The highest BCUT2D eigenvalue weighted by atomic mass is 15.3. The number of aromatic nitrogens is 4. The van der Waals surface area contributed by atoms with Crippen molar-refractivity contribution in [1.29, 1.82) is 0 Å². The van der Waals surface area contributed by atoms with Crippen LogP contribution in [0.2, 0.25) is 0 Å². The van der Waals surface area contributed by atoms with Gasteiger partial charge in [-0.15, -0.1) is 0 Å². The third-order valence-electron chi connectivity index (χ3n) is 3.10. The van der Waals surface area contributed by atoms with Crippen molar-refractivity contribution in [3.05, 3.63) is 34.5 Å². The van der Waals surface area contributed by atoms with Gasteiger partial charge in [-0.2, -0.15) is 5.10 Å². The van der Waals surface area contributed by atoms with Gasteiger partial charge < -0.3 is 5.73 Å². The SMILES string of the molecule is CCc1c(C)nn(Cc2nc(C)cc(N)n2)c1C. The third-order valence-corrected chi connectivity index (χ3v) is 3.10. The Morgan fingerprint density at radius 2 is 1.94 bits per heavy atom. The average molecular weight is 245 g/mol. The number of hydrogen-bond acceptors (Lipinski definition) is 4. The Morgan fingerprint density at radius 1 is 1.22 bits per heavy atom. The molecule has 0 aliphatic rings. The van der Waals surface area contributed by atoms with Gasteiger partial charge in [0.05, 0.1) is 5.69 Å². The first-order valence-corrected chi connectivity index (χ1v) is 6.14. The van der Waals surface area contributed by atoms with E-state index in [4.69, 9.17) is 5.73 Å². The predicted octanol–water partition coefficient (Wildman–Crippen LogP) is 1.79. The van der Waals surface area contributed by atoms with E-state index in [0.29, 0.717) is 18.2 Å². The second kappa shape index (κ2) is 4.76. The van der Waals surface area contributed by atoms with Crippen LogP contribution in [0.25, 0.3) is 0 Å². The van der Waals surface area contributed by atoms with Crippen LogP contribution in [0.15, 0.2) is 6.07 Å². The van der Waals surface area contributed by atoms with Crippen LogP contribution in [0, 0.1) is 20.8 Å². The van der Waals surface area contributed by atoms with E-state index < -0.39 is 0 Å². The Labute approximate surface area is 107 Å². The Hall–Kier alpha value is -1.91. The van der Waals surface area contributed by atoms with Gasteiger partial charge in [-0.3, -0.25) is 4.68 Å². The maximum absolute atomic E-state index is 5.73. The molecule has 0 aliphatic heterocycles. The molecule has 2 N–H and O–H groups in total. The summed E-state index contributed by atoms with van der Waals surface area (Å²) in [5, 5.41) is 4.53. The number of nitrogen functional groups attached to an aromatic ring is 1. The summed E-state index contributed by atoms with van der Waals surface area (Å²) in [7, 11) is 0. The monoisotopic (exact) mass is 245 g/mol. The van der Waals surface area contributed by atoms with Crippen LogP contribution < -0.4 is 5.73 Å². The fourth-order valence-electron chi connectivity index (χ4n) is 2.26. The molecule has 0 radical (unpaired) electrons. The van der Waals surface area contributed by atoms with E-state index in [-0.39, 0.29) is 0 Å². The van der Waals surface area contributed by atoms with Crippen molar-refractivity contribution in [3.63, 3.8) is 0 Å². The van der Waals surface area contributed by atoms with E-state index in [1.54, 1.807) is 6.07 Å². The van der Waals surface area contributed by atoms with Crippen molar-refractivity contribution < 1.29 is 0 Å². The minimum absolute atomic E-state index is 0.509. The van der Waals surface area contributed by atoms with Crippen LogP contribution in [-0.2, 0) is 13.0 Å². The first kappa shape index (κ1) is 12.5. The predicted molar refractivity (Wildman–Crippen MR) is 71.4 cm³/mol. The second-order valence-electron chi connectivity index (χ2n) is 4.51. The van der Waals surface area contributed by atoms with Crippen LogP contribution >= 0.6 is 0 Å². The van der Waals surface area contributed by atoms with Crippen LogP contribution in [0.5, 0.6) is 0 Å². The first-order chi connectivity index (χ1) is 8.51. The molecule has 0 aliphatic carbocycles. The van der Waals surface area contributed by atoms with Crippen LogP contribution in [0.3, 0.4) is 0 Å². The molecule has 0 saturated heterocycles. The lowest BCUT2D eigenvalue weighted by Crippen LogP contribution is -2.09. The van der Waals surface area contributed by atoms with Crippen molar-refractivity contribution in [2.45, 2.75) is 40.7 Å². The minimum atomic E-state index is 0.509. The van der Waals surface area contributed by atoms with E-state index in [0.717, 1.165) is 17.8 Å². The summed E-state index contributed by atoms with van der Waals surface area (Å²) in [5.74, 6) is 1.22. The third kappa shape index (κ3) is 2.34. The van der Waals surface area contributed by atoms with Gasteiger partial charge >= 0.3 is 0 Å². The van der Waals surface area contributed by atoms with Crippen LogP contribution in [0.4, 0.5) is 5.82 Å². The smallest absolute Gasteiger partial charge is 0.152 e. The fraction of sp³-hybridized carbons (Fsp3) is 0.462. The molecule has 5 heteroatoms. The maximum Gasteiger partial charge on any atom is 0.152 e. The summed E-state index contributed by atoms with van der Waals surface area (Å²) >= 11 is 0. The Kier molecular flexibility index (Phi) is 3.32. The van der Waals surface area contributed by atoms with Gasteiger partial charge in [-0.05, 0) is 32.8 Å². The number of hydrogen-bond donors (Lipinski definition) is 1. The molecule has 2 aromatic heterocycles. The van der Waals surface area contributed by atoms with Gasteiger partial charge in [0, 0.05) is 17.5 Å². The van der Waals surface area contributed by atoms with Crippen molar-refractivity contribution >= 4 is 5.82 Å². The zero-order valence-corrected chi connectivity index (χ0v) is 11.4. The summed E-state index contributed by atoms with van der Waals surface area (Å²) < 4.78 is 1.95. The van der Waals surface area contributed by atoms with Crippen molar-refractivity contribution in [1.82, 2.24) is 19.7 Å². The van der Waals surface area contributed by atoms with Crippen molar-refractivity contribution in [3.8, 4) is 0 Å².